The third kappa shape index (κ3) is 6.61. The zero-order valence-electron chi connectivity index (χ0n) is 13.6. The molecule has 2 unspecified atom stereocenters. The minimum atomic E-state index is -0.996. The van der Waals surface area contributed by atoms with Crippen molar-refractivity contribution in [1.29, 1.82) is 0 Å². The molecule has 24 heavy (non-hydrogen) atoms. The van der Waals surface area contributed by atoms with Gasteiger partial charge in [-0.15, -0.1) is 0 Å². The fraction of sp³-hybridized carbons (Fsp3) is 0.333. The normalized spacial score (nSPS) is 13.5. The van der Waals surface area contributed by atoms with Crippen LogP contribution in [0.5, 0.6) is 5.75 Å². The van der Waals surface area contributed by atoms with E-state index in [1.807, 2.05) is 24.3 Å². The molecule has 0 fully saturated rings. The summed E-state index contributed by atoms with van der Waals surface area (Å²) < 4.78 is 16.8. The predicted molar refractivity (Wildman–Crippen MR) is 98.3 cm³/mol. The number of hydrogen-bond acceptors (Lipinski definition) is 4. The van der Waals surface area contributed by atoms with Crippen LogP contribution in [0.4, 0.5) is 0 Å². The molecule has 130 valence electrons. The van der Waals surface area contributed by atoms with Gasteiger partial charge in [-0.05, 0) is 54.9 Å². The molecule has 4 nitrogen and oxygen atoms in total. The van der Waals surface area contributed by atoms with Crippen LogP contribution < -0.4 is 10.1 Å². The van der Waals surface area contributed by atoms with E-state index in [0.29, 0.717) is 12.3 Å². The third-order valence-corrected chi connectivity index (χ3v) is 4.63. The molecule has 0 saturated heterocycles. The number of aliphatic hydroxyl groups is 1. The number of hydrogen-bond donors (Lipinski definition) is 2. The second-order valence-electron chi connectivity index (χ2n) is 5.47. The third-order valence-electron chi connectivity index (χ3n) is 3.46. The first-order valence-corrected chi connectivity index (χ1v) is 9.67. The van der Waals surface area contributed by atoms with Crippen molar-refractivity contribution < 1.29 is 14.1 Å². The van der Waals surface area contributed by atoms with Crippen molar-refractivity contribution in [3.05, 3.63) is 59.1 Å². The van der Waals surface area contributed by atoms with E-state index in [2.05, 4.69) is 5.32 Å². The summed E-state index contributed by atoms with van der Waals surface area (Å²) in [6.07, 6.45) is 1.89. The van der Waals surface area contributed by atoms with Gasteiger partial charge in [0.15, 0.2) is 0 Å². The summed E-state index contributed by atoms with van der Waals surface area (Å²) in [4.78, 5) is 0.755. The standard InChI is InChI=1S/C18H22ClNO3S/c1-24(22)18-7-5-17(6-8-18)23-13-16(21)12-20-10-9-14-3-2-4-15(19)11-14/h2-8,11,16,20-21H,9-10,12-13H2,1H3. The lowest BCUT2D eigenvalue weighted by Gasteiger charge is -2.13. The molecule has 2 aromatic rings. The molecule has 0 heterocycles. The van der Waals surface area contributed by atoms with E-state index in [1.54, 1.807) is 30.5 Å². The van der Waals surface area contributed by atoms with Gasteiger partial charge in [0.25, 0.3) is 0 Å². The number of aliphatic hydroxyl groups excluding tert-OH is 1. The van der Waals surface area contributed by atoms with E-state index in [-0.39, 0.29) is 6.61 Å². The molecule has 0 saturated carbocycles. The Kier molecular flexibility index (Phi) is 7.72. The topological polar surface area (TPSA) is 58.6 Å². The number of nitrogens with one attached hydrogen (secondary N) is 1. The smallest absolute Gasteiger partial charge is 0.119 e. The summed E-state index contributed by atoms with van der Waals surface area (Å²) in [6.45, 7) is 1.42. The van der Waals surface area contributed by atoms with Gasteiger partial charge in [0.1, 0.15) is 18.5 Å². The molecule has 0 aliphatic heterocycles. The monoisotopic (exact) mass is 367 g/mol. The lowest BCUT2D eigenvalue weighted by atomic mass is 10.1. The average molecular weight is 368 g/mol. The molecule has 6 heteroatoms. The van der Waals surface area contributed by atoms with Crippen molar-refractivity contribution >= 4 is 22.4 Å². The first-order chi connectivity index (χ1) is 11.5. The van der Waals surface area contributed by atoms with Gasteiger partial charge in [-0.25, -0.2) is 0 Å². The van der Waals surface area contributed by atoms with E-state index in [1.165, 1.54) is 0 Å². The van der Waals surface area contributed by atoms with Crippen LogP contribution in [0.25, 0.3) is 0 Å². The highest BCUT2D eigenvalue weighted by Gasteiger charge is 2.05. The number of ether oxygens (including phenoxy) is 1. The number of benzene rings is 2. The molecular formula is C18H22ClNO3S. The first-order valence-electron chi connectivity index (χ1n) is 7.74. The van der Waals surface area contributed by atoms with Crippen LogP contribution in [0.3, 0.4) is 0 Å². The molecular weight excluding hydrogens is 346 g/mol. The van der Waals surface area contributed by atoms with Crippen LogP contribution in [0.2, 0.25) is 5.02 Å². The predicted octanol–water partition coefficient (Wildman–Crippen LogP) is 2.65. The fourth-order valence-electron chi connectivity index (χ4n) is 2.17. The minimum absolute atomic E-state index is 0.207. The molecule has 2 aromatic carbocycles. The minimum Gasteiger partial charge on any atom is -0.491 e. The van der Waals surface area contributed by atoms with Crippen molar-refractivity contribution in [1.82, 2.24) is 5.32 Å². The molecule has 0 spiro atoms. The van der Waals surface area contributed by atoms with E-state index in [4.69, 9.17) is 16.3 Å². The zero-order chi connectivity index (χ0) is 17.4. The molecule has 2 N–H and O–H groups in total. The van der Waals surface area contributed by atoms with E-state index >= 15 is 0 Å². The van der Waals surface area contributed by atoms with Gasteiger partial charge in [-0.2, -0.15) is 0 Å². The number of halogens is 1. The van der Waals surface area contributed by atoms with Crippen molar-refractivity contribution in [2.45, 2.75) is 17.4 Å². The van der Waals surface area contributed by atoms with Crippen LogP contribution in [0.1, 0.15) is 5.56 Å². The van der Waals surface area contributed by atoms with E-state index < -0.39 is 16.9 Å². The summed E-state index contributed by atoms with van der Waals surface area (Å²) in [7, 11) is -0.996. The first kappa shape index (κ1) is 18.9. The highest BCUT2D eigenvalue weighted by atomic mass is 35.5. The fourth-order valence-corrected chi connectivity index (χ4v) is 2.90. The van der Waals surface area contributed by atoms with Crippen molar-refractivity contribution in [3.63, 3.8) is 0 Å². The second-order valence-corrected chi connectivity index (χ2v) is 7.29. The van der Waals surface area contributed by atoms with Crippen LogP contribution in [0, 0.1) is 0 Å². The molecule has 2 atom stereocenters. The maximum Gasteiger partial charge on any atom is 0.119 e. The Morgan fingerprint density at radius 2 is 2.00 bits per heavy atom. The van der Waals surface area contributed by atoms with Crippen molar-refractivity contribution in [3.8, 4) is 5.75 Å². The van der Waals surface area contributed by atoms with Crippen LogP contribution in [-0.4, -0.2) is 41.4 Å². The second kappa shape index (κ2) is 9.79. The van der Waals surface area contributed by atoms with Gasteiger partial charge in [-0.1, -0.05) is 23.7 Å². The highest BCUT2D eigenvalue weighted by Crippen LogP contribution is 2.14. The largest absolute Gasteiger partial charge is 0.491 e. The Labute approximate surface area is 150 Å². The maximum absolute atomic E-state index is 11.3. The summed E-state index contributed by atoms with van der Waals surface area (Å²) in [6, 6.07) is 14.8. The SMILES string of the molecule is CS(=O)c1ccc(OCC(O)CNCCc2cccc(Cl)c2)cc1. The van der Waals surface area contributed by atoms with Crippen LogP contribution in [0.15, 0.2) is 53.4 Å². The van der Waals surface area contributed by atoms with Gasteiger partial charge < -0.3 is 15.2 Å². The Bertz CT molecular complexity index is 664. The van der Waals surface area contributed by atoms with Gasteiger partial charge in [0.2, 0.25) is 0 Å². The Balaban J connectivity index is 1.64. The van der Waals surface area contributed by atoms with Gasteiger partial charge in [0.05, 0.1) is 0 Å². The maximum atomic E-state index is 11.3. The Hall–Kier alpha value is -1.40. The van der Waals surface area contributed by atoms with Gasteiger partial charge >= 0.3 is 0 Å². The summed E-state index contributed by atoms with van der Waals surface area (Å²) >= 11 is 5.94. The van der Waals surface area contributed by atoms with Crippen LogP contribution >= 0.6 is 11.6 Å². The Morgan fingerprint density at radius 3 is 2.67 bits per heavy atom. The summed E-state index contributed by atoms with van der Waals surface area (Å²) in [5.41, 5.74) is 1.16. The summed E-state index contributed by atoms with van der Waals surface area (Å²) in [5, 5.41) is 13.9. The lowest BCUT2D eigenvalue weighted by Crippen LogP contribution is -2.32. The molecule has 0 amide bonds. The molecule has 0 radical (unpaired) electrons. The molecule has 2 rings (SSSR count). The average Bonchev–Trinajstić information content (AvgIpc) is 2.57. The molecule has 0 bridgehead atoms. The molecule has 0 aliphatic carbocycles. The lowest BCUT2D eigenvalue weighted by molar-refractivity contribution is 0.106. The van der Waals surface area contributed by atoms with Gasteiger partial charge in [-0.3, -0.25) is 4.21 Å². The number of rotatable bonds is 9. The highest BCUT2D eigenvalue weighted by molar-refractivity contribution is 7.84. The van der Waals surface area contributed by atoms with Crippen LogP contribution in [-0.2, 0) is 17.2 Å². The zero-order valence-corrected chi connectivity index (χ0v) is 15.1. The van der Waals surface area contributed by atoms with E-state index in [9.17, 15) is 9.32 Å². The molecule has 0 aromatic heterocycles. The van der Waals surface area contributed by atoms with Crippen molar-refractivity contribution in [2.75, 3.05) is 26.0 Å². The Morgan fingerprint density at radius 1 is 1.25 bits per heavy atom. The van der Waals surface area contributed by atoms with Crippen molar-refractivity contribution in [2.24, 2.45) is 0 Å². The summed E-state index contributed by atoms with van der Waals surface area (Å²) in [5.74, 6) is 0.655. The molecule has 0 aliphatic rings. The quantitative estimate of drug-likeness (QED) is 0.669. The van der Waals surface area contributed by atoms with Gasteiger partial charge in [0, 0.05) is 33.5 Å². The van der Waals surface area contributed by atoms with E-state index in [0.717, 1.165) is 28.4 Å².